The number of likely N-dealkylation sites (tertiary alicyclic amines) is 1. The van der Waals surface area contributed by atoms with Crippen molar-refractivity contribution in [1.82, 2.24) is 15.1 Å². The van der Waals surface area contributed by atoms with E-state index in [1.807, 2.05) is 4.90 Å². The van der Waals surface area contributed by atoms with Crippen LogP contribution in [0.5, 0.6) is 0 Å². The van der Waals surface area contributed by atoms with Gasteiger partial charge >= 0.3 is 6.03 Å². The number of hydrogen-bond acceptors (Lipinski definition) is 4. The summed E-state index contributed by atoms with van der Waals surface area (Å²) in [6.07, 6.45) is 7.44. The van der Waals surface area contributed by atoms with E-state index in [1.54, 1.807) is 12.1 Å². The highest BCUT2D eigenvalue weighted by molar-refractivity contribution is 5.97. The molecule has 1 aromatic carbocycles. The zero-order valence-corrected chi connectivity index (χ0v) is 18.9. The van der Waals surface area contributed by atoms with Crippen molar-refractivity contribution in [2.45, 2.75) is 51.0 Å². The fourth-order valence-electron chi connectivity index (χ4n) is 5.26. The lowest BCUT2D eigenvalue weighted by molar-refractivity contribution is 0.0519. The van der Waals surface area contributed by atoms with Gasteiger partial charge in [-0.2, -0.15) is 0 Å². The molecule has 32 heavy (non-hydrogen) atoms. The van der Waals surface area contributed by atoms with Crippen LogP contribution in [0, 0.1) is 17.7 Å². The van der Waals surface area contributed by atoms with Crippen LogP contribution in [-0.2, 0) is 4.74 Å². The highest BCUT2D eigenvalue weighted by Crippen LogP contribution is 2.28. The smallest absolute Gasteiger partial charge is 0.317 e. The number of benzene rings is 1. The van der Waals surface area contributed by atoms with Crippen LogP contribution in [-0.4, -0.2) is 73.6 Å². The van der Waals surface area contributed by atoms with E-state index < -0.39 is 0 Å². The van der Waals surface area contributed by atoms with Gasteiger partial charge in [-0.25, -0.2) is 9.18 Å². The van der Waals surface area contributed by atoms with Crippen molar-refractivity contribution >= 4 is 11.8 Å². The van der Waals surface area contributed by atoms with Crippen molar-refractivity contribution in [3.8, 4) is 0 Å². The number of nitrogens with zero attached hydrogens (tertiary/aromatic N) is 2. The average molecular weight is 446 g/mol. The Bertz CT molecular complexity index is 750. The zero-order chi connectivity index (χ0) is 22.3. The van der Waals surface area contributed by atoms with Gasteiger partial charge in [0, 0.05) is 30.6 Å². The first-order valence-corrected chi connectivity index (χ1v) is 12.2. The second-order valence-corrected chi connectivity index (χ2v) is 9.54. The lowest BCUT2D eigenvalue weighted by Gasteiger charge is -2.35. The third-order valence-electron chi connectivity index (χ3n) is 7.41. The summed E-state index contributed by atoms with van der Waals surface area (Å²) in [6, 6.07) is 6.30. The third-order valence-corrected chi connectivity index (χ3v) is 7.41. The molecule has 3 fully saturated rings. The number of Topliss-reactive ketones (excluding diaryl/α,β-unsaturated/α-hetero) is 1. The standard InChI is InChI=1S/C25H36FN3O3/c26-22-5-3-20(4-6-22)24(30)21-10-13-28(14-11-21)12-9-19-1-7-23(8-2-19)27-25(31)29-15-17-32-18-16-29/h3-6,19,21,23H,1-2,7-18H2,(H,27,31)/t19-,23-. The molecule has 0 aromatic heterocycles. The van der Waals surface area contributed by atoms with E-state index in [0.29, 0.717) is 37.9 Å². The van der Waals surface area contributed by atoms with E-state index in [2.05, 4.69) is 10.2 Å². The maximum atomic E-state index is 13.1. The number of ketones is 1. The summed E-state index contributed by atoms with van der Waals surface area (Å²) in [5.74, 6) is 0.638. The van der Waals surface area contributed by atoms with E-state index in [0.717, 1.165) is 51.2 Å². The lowest BCUT2D eigenvalue weighted by atomic mass is 9.83. The average Bonchev–Trinajstić information content (AvgIpc) is 2.84. The number of carbonyl (C=O) groups is 2. The van der Waals surface area contributed by atoms with Gasteiger partial charge in [-0.3, -0.25) is 4.79 Å². The maximum absolute atomic E-state index is 13.1. The van der Waals surface area contributed by atoms with Gasteiger partial charge in [0.1, 0.15) is 5.82 Å². The molecule has 3 aliphatic rings. The molecule has 7 heteroatoms. The van der Waals surface area contributed by atoms with Crippen LogP contribution in [0.4, 0.5) is 9.18 Å². The van der Waals surface area contributed by atoms with Gasteiger partial charge in [0.2, 0.25) is 0 Å². The van der Waals surface area contributed by atoms with Crippen molar-refractivity contribution in [2.75, 3.05) is 45.9 Å². The fourth-order valence-corrected chi connectivity index (χ4v) is 5.26. The number of ether oxygens (including phenoxy) is 1. The maximum Gasteiger partial charge on any atom is 0.317 e. The molecule has 1 aromatic rings. The number of nitrogens with one attached hydrogen (secondary N) is 1. The molecule has 0 radical (unpaired) electrons. The van der Waals surface area contributed by atoms with Crippen LogP contribution in [0.15, 0.2) is 24.3 Å². The summed E-state index contributed by atoms with van der Waals surface area (Å²) >= 11 is 0. The minimum atomic E-state index is -0.301. The molecule has 1 saturated carbocycles. The molecule has 0 unspecified atom stereocenters. The monoisotopic (exact) mass is 445 g/mol. The minimum absolute atomic E-state index is 0.0576. The quantitative estimate of drug-likeness (QED) is 0.678. The predicted octanol–water partition coefficient (Wildman–Crippen LogP) is 3.71. The number of urea groups is 1. The van der Waals surface area contributed by atoms with Crippen LogP contribution >= 0.6 is 0 Å². The first-order valence-electron chi connectivity index (χ1n) is 12.2. The van der Waals surface area contributed by atoms with E-state index in [4.69, 9.17) is 4.74 Å². The van der Waals surface area contributed by atoms with E-state index in [1.165, 1.54) is 31.4 Å². The summed E-state index contributed by atoms with van der Waals surface area (Å²) in [5.41, 5.74) is 0.627. The Labute approximate surface area is 190 Å². The molecule has 2 aliphatic heterocycles. The van der Waals surface area contributed by atoms with E-state index in [9.17, 15) is 14.0 Å². The van der Waals surface area contributed by atoms with Gasteiger partial charge in [-0.15, -0.1) is 0 Å². The molecule has 0 atom stereocenters. The Hall–Kier alpha value is -1.99. The van der Waals surface area contributed by atoms with Gasteiger partial charge < -0.3 is 19.9 Å². The molecule has 176 valence electrons. The number of amides is 2. The van der Waals surface area contributed by atoms with Crippen molar-refractivity contribution < 1.29 is 18.7 Å². The van der Waals surface area contributed by atoms with Crippen molar-refractivity contribution in [3.63, 3.8) is 0 Å². The first kappa shape index (κ1) is 23.2. The summed E-state index contributed by atoms with van der Waals surface area (Å²) in [6.45, 7) is 5.66. The molecule has 2 amide bonds. The molecule has 0 bridgehead atoms. The number of hydrogen-bond donors (Lipinski definition) is 1. The van der Waals surface area contributed by atoms with E-state index in [-0.39, 0.29) is 23.5 Å². The van der Waals surface area contributed by atoms with Crippen LogP contribution in [0.3, 0.4) is 0 Å². The number of rotatable bonds is 6. The summed E-state index contributed by atoms with van der Waals surface area (Å²) < 4.78 is 18.4. The van der Waals surface area contributed by atoms with Crippen LogP contribution in [0.2, 0.25) is 0 Å². The van der Waals surface area contributed by atoms with Crippen molar-refractivity contribution in [1.29, 1.82) is 0 Å². The first-order chi connectivity index (χ1) is 15.6. The van der Waals surface area contributed by atoms with Crippen LogP contribution < -0.4 is 5.32 Å². The second kappa shape index (κ2) is 11.2. The summed E-state index contributed by atoms with van der Waals surface area (Å²) in [4.78, 5) is 29.4. The molecule has 6 nitrogen and oxygen atoms in total. The topological polar surface area (TPSA) is 61.9 Å². The Morgan fingerprint density at radius 3 is 2.25 bits per heavy atom. The molecule has 2 heterocycles. The molecular formula is C25H36FN3O3. The fraction of sp³-hybridized carbons (Fsp3) is 0.680. The highest BCUT2D eigenvalue weighted by atomic mass is 19.1. The molecule has 1 aliphatic carbocycles. The van der Waals surface area contributed by atoms with Crippen LogP contribution in [0.1, 0.15) is 55.3 Å². The van der Waals surface area contributed by atoms with Gasteiger partial charge in [0.15, 0.2) is 5.78 Å². The Kier molecular flexibility index (Phi) is 8.14. The second-order valence-electron chi connectivity index (χ2n) is 9.54. The molecular weight excluding hydrogens is 409 g/mol. The van der Waals surface area contributed by atoms with Gasteiger partial charge in [0.25, 0.3) is 0 Å². The van der Waals surface area contributed by atoms with Crippen molar-refractivity contribution in [2.24, 2.45) is 11.8 Å². The SMILES string of the molecule is O=C(c1ccc(F)cc1)C1CCN(CC[C@H]2CC[C@H](NC(=O)N3CCOCC3)CC2)CC1. The molecule has 0 spiro atoms. The highest BCUT2D eigenvalue weighted by Gasteiger charge is 2.28. The minimum Gasteiger partial charge on any atom is -0.378 e. The van der Waals surface area contributed by atoms with Gasteiger partial charge in [-0.05, 0) is 94.8 Å². The number of morpholine rings is 1. The molecule has 1 N–H and O–H groups in total. The Morgan fingerprint density at radius 1 is 0.938 bits per heavy atom. The van der Waals surface area contributed by atoms with Gasteiger partial charge in [0.05, 0.1) is 13.2 Å². The lowest BCUT2D eigenvalue weighted by Crippen LogP contribution is -2.49. The summed E-state index contributed by atoms with van der Waals surface area (Å²) in [7, 11) is 0. The zero-order valence-electron chi connectivity index (χ0n) is 18.9. The largest absolute Gasteiger partial charge is 0.378 e. The third kappa shape index (κ3) is 6.29. The Balaban J connectivity index is 1.11. The van der Waals surface area contributed by atoms with Crippen LogP contribution in [0.25, 0.3) is 0 Å². The number of piperidine rings is 1. The number of halogens is 1. The van der Waals surface area contributed by atoms with Crippen molar-refractivity contribution in [3.05, 3.63) is 35.6 Å². The Morgan fingerprint density at radius 2 is 1.59 bits per heavy atom. The van der Waals surface area contributed by atoms with Gasteiger partial charge in [-0.1, -0.05) is 0 Å². The predicted molar refractivity (Wildman–Crippen MR) is 121 cm³/mol. The normalized spacial score (nSPS) is 25.5. The number of carbonyl (C=O) groups excluding carboxylic acids is 2. The molecule has 4 rings (SSSR count). The molecule has 2 saturated heterocycles. The summed E-state index contributed by atoms with van der Waals surface area (Å²) in [5, 5.41) is 3.21. The van der Waals surface area contributed by atoms with E-state index >= 15 is 0 Å².